The molecule has 1 heterocycles. The lowest BCUT2D eigenvalue weighted by Gasteiger charge is -2.22. The lowest BCUT2D eigenvalue weighted by molar-refractivity contribution is 0.486. The number of likely N-dealkylation sites (N-methyl/N-ethyl adjacent to an activating group) is 1. The minimum Gasteiger partial charge on any atom is -0.352 e. The molecule has 2 aromatic rings. The number of rotatable bonds is 7. The van der Waals surface area contributed by atoms with E-state index in [9.17, 15) is 8.42 Å². The Balaban J connectivity index is 0.00000338. The van der Waals surface area contributed by atoms with Gasteiger partial charge in [0.05, 0.1) is 5.75 Å². The number of aliphatic imine (C=N–C) groups is 1. The Kier molecular flexibility index (Phi) is 9.59. The molecule has 0 aliphatic heterocycles. The summed E-state index contributed by atoms with van der Waals surface area (Å²) in [6.07, 6.45) is 2.24. The van der Waals surface area contributed by atoms with E-state index in [0.29, 0.717) is 6.54 Å². The maximum absolute atomic E-state index is 11.3. The van der Waals surface area contributed by atoms with Crippen molar-refractivity contribution in [2.75, 3.05) is 26.9 Å². The van der Waals surface area contributed by atoms with Crippen molar-refractivity contribution in [1.82, 2.24) is 10.2 Å². The van der Waals surface area contributed by atoms with Gasteiger partial charge in [0.1, 0.15) is 0 Å². The third-order valence-electron chi connectivity index (χ3n) is 3.75. The van der Waals surface area contributed by atoms with E-state index in [1.54, 1.807) is 18.4 Å². The first-order chi connectivity index (χ1) is 11.9. The van der Waals surface area contributed by atoms with Crippen LogP contribution >= 0.6 is 35.3 Å². The Bertz CT molecular complexity index is 788. The molecule has 26 heavy (non-hydrogen) atoms. The zero-order valence-corrected chi connectivity index (χ0v) is 19.3. The molecule has 144 valence electrons. The monoisotopic (exact) mass is 507 g/mol. The summed E-state index contributed by atoms with van der Waals surface area (Å²) in [5.74, 6) is 0.921. The Morgan fingerprint density at radius 2 is 1.85 bits per heavy atom. The normalized spacial score (nSPS) is 11.7. The average Bonchev–Trinajstić information content (AvgIpc) is 3.07. The van der Waals surface area contributed by atoms with Gasteiger partial charge in [-0.05, 0) is 29.0 Å². The summed E-state index contributed by atoms with van der Waals surface area (Å²) >= 11 is 1.77. The summed E-state index contributed by atoms with van der Waals surface area (Å²) in [4.78, 5) is 7.80. The number of nitrogens with zero attached hydrogens (tertiary/aromatic N) is 2. The molecule has 1 aromatic carbocycles. The fourth-order valence-electron chi connectivity index (χ4n) is 2.46. The molecule has 0 saturated heterocycles. The summed E-state index contributed by atoms with van der Waals surface area (Å²) in [7, 11) is 0.806. The van der Waals surface area contributed by atoms with E-state index in [-0.39, 0.29) is 29.7 Å². The number of sulfone groups is 1. The van der Waals surface area contributed by atoms with Gasteiger partial charge in [0, 0.05) is 38.3 Å². The minimum atomic E-state index is -3.00. The Labute approximate surface area is 177 Å². The lowest BCUT2D eigenvalue weighted by atomic mass is 10.1. The molecule has 0 fully saturated rings. The second-order valence-electron chi connectivity index (χ2n) is 6.04. The van der Waals surface area contributed by atoms with Crippen LogP contribution in [0.5, 0.6) is 0 Å². The summed E-state index contributed by atoms with van der Waals surface area (Å²) < 4.78 is 22.7. The van der Waals surface area contributed by atoms with E-state index in [1.165, 1.54) is 11.1 Å². The zero-order valence-electron chi connectivity index (χ0n) is 15.3. The largest absolute Gasteiger partial charge is 0.352 e. The van der Waals surface area contributed by atoms with Gasteiger partial charge in [-0.15, -0.1) is 35.3 Å². The molecule has 0 aliphatic carbocycles. The number of guanidine groups is 1. The lowest BCUT2D eigenvalue weighted by Crippen LogP contribution is -2.39. The van der Waals surface area contributed by atoms with E-state index in [4.69, 9.17) is 0 Å². The van der Waals surface area contributed by atoms with Crippen LogP contribution in [0, 0.1) is 0 Å². The Morgan fingerprint density at radius 3 is 2.38 bits per heavy atom. The summed E-state index contributed by atoms with van der Waals surface area (Å²) in [5.41, 5.74) is 1.90. The summed E-state index contributed by atoms with van der Waals surface area (Å²) in [6.45, 7) is 1.54. The molecule has 0 unspecified atom stereocenters. The number of thiophene rings is 1. The first-order valence-electron chi connectivity index (χ1n) is 8.07. The second-order valence-corrected chi connectivity index (χ2v) is 9.21. The van der Waals surface area contributed by atoms with Crippen LogP contribution < -0.4 is 5.32 Å². The first kappa shape index (κ1) is 22.9. The Morgan fingerprint density at radius 1 is 1.19 bits per heavy atom. The Hall–Kier alpha value is -1.13. The molecule has 1 N–H and O–H groups in total. The molecule has 0 bridgehead atoms. The number of nitrogens with one attached hydrogen (secondary N) is 1. The van der Waals surface area contributed by atoms with Crippen LogP contribution in [0.1, 0.15) is 16.0 Å². The smallest absolute Gasteiger partial charge is 0.193 e. The van der Waals surface area contributed by atoms with Crippen molar-refractivity contribution in [2.45, 2.75) is 18.7 Å². The molecule has 0 radical (unpaired) electrons. The van der Waals surface area contributed by atoms with Crippen LogP contribution in [0.25, 0.3) is 0 Å². The van der Waals surface area contributed by atoms with Crippen LogP contribution in [0.2, 0.25) is 0 Å². The van der Waals surface area contributed by atoms with Crippen molar-refractivity contribution in [3.63, 3.8) is 0 Å². The maximum atomic E-state index is 11.3. The molecule has 1 aromatic heterocycles. The van der Waals surface area contributed by atoms with Crippen LogP contribution in [-0.2, 0) is 28.6 Å². The zero-order chi connectivity index (χ0) is 18.3. The van der Waals surface area contributed by atoms with Crippen molar-refractivity contribution in [2.24, 2.45) is 4.99 Å². The fourth-order valence-corrected chi connectivity index (χ4v) is 3.96. The van der Waals surface area contributed by atoms with Crippen LogP contribution in [0.15, 0.2) is 46.8 Å². The van der Waals surface area contributed by atoms with E-state index < -0.39 is 9.84 Å². The van der Waals surface area contributed by atoms with Gasteiger partial charge in [0.25, 0.3) is 0 Å². The second kappa shape index (κ2) is 10.9. The maximum Gasteiger partial charge on any atom is 0.193 e. The molecule has 2 rings (SSSR count). The van der Waals surface area contributed by atoms with Crippen LogP contribution in [0.3, 0.4) is 0 Å². The third kappa shape index (κ3) is 8.05. The average molecular weight is 507 g/mol. The van der Waals surface area contributed by atoms with Gasteiger partial charge in [0.2, 0.25) is 0 Å². The number of benzene rings is 1. The van der Waals surface area contributed by atoms with Gasteiger partial charge in [0.15, 0.2) is 15.8 Å². The minimum absolute atomic E-state index is 0. The van der Waals surface area contributed by atoms with Crippen molar-refractivity contribution in [1.29, 1.82) is 0 Å². The van der Waals surface area contributed by atoms with Gasteiger partial charge in [-0.25, -0.2) is 8.42 Å². The molecular weight excluding hydrogens is 481 g/mol. The summed E-state index contributed by atoms with van der Waals surface area (Å²) in [5, 5.41) is 5.44. The highest BCUT2D eigenvalue weighted by Gasteiger charge is 2.07. The molecule has 8 heteroatoms. The van der Waals surface area contributed by atoms with Gasteiger partial charge < -0.3 is 10.2 Å². The van der Waals surface area contributed by atoms with Crippen molar-refractivity contribution >= 4 is 51.1 Å². The molecule has 0 spiro atoms. The van der Waals surface area contributed by atoms with Crippen molar-refractivity contribution in [3.05, 3.63) is 57.8 Å². The van der Waals surface area contributed by atoms with Crippen LogP contribution in [-0.4, -0.2) is 46.2 Å². The number of halogens is 1. The van der Waals surface area contributed by atoms with Gasteiger partial charge in [-0.1, -0.05) is 30.3 Å². The molecule has 0 amide bonds. The highest BCUT2D eigenvalue weighted by atomic mass is 127. The third-order valence-corrected chi connectivity index (χ3v) is 5.54. The van der Waals surface area contributed by atoms with Crippen molar-refractivity contribution < 1.29 is 8.42 Å². The van der Waals surface area contributed by atoms with Gasteiger partial charge in [-0.2, -0.15) is 0 Å². The van der Waals surface area contributed by atoms with E-state index in [0.717, 1.165) is 30.1 Å². The van der Waals surface area contributed by atoms with Gasteiger partial charge >= 0.3 is 0 Å². The predicted molar refractivity (Wildman–Crippen MR) is 121 cm³/mol. The van der Waals surface area contributed by atoms with Gasteiger partial charge in [-0.3, -0.25) is 4.99 Å². The topological polar surface area (TPSA) is 61.8 Å². The van der Waals surface area contributed by atoms with E-state index in [1.807, 2.05) is 31.3 Å². The molecule has 0 aliphatic rings. The van der Waals surface area contributed by atoms with Crippen molar-refractivity contribution in [3.8, 4) is 0 Å². The van der Waals surface area contributed by atoms with Crippen LogP contribution in [0.4, 0.5) is 0 Å². The molecular formula is C18H26IN3O2S2. The summed E-state index contributed by atoms with van der Waals surface area (Å²) in [6, 6.07) is 11.8. The molecule has 0 saturated carbocycles. The standard InChI is InChI=1S/C18H25N3O2S2.HI/c1-19-18(21(2)11-10-17-5-4-12-24-17)20-13-15-6-8-16(9-7-15)14-25(3,22)23;/h4-9,12H,10-11,13-14H2,1-3H3,(H,19,20);1H. The molecule has 0 atom stereocenters. The first-order valence-corrected chi connectivity index (χ1v) is 11.0. The number of hydrogen-bond acceptors (Lipinski definition) is 4. The number of hydrogen-bond donors (Lipinski definition) is 1. The SMILES string of the molecule is CN=C(NCc1ccc(CS(C)(=O)=O)cc1)N(C)CCc1cccs1.I. The predicted octanol–water partition coefficient (Wildman–Crippen LogP) is 3.16. The highest BCUT2D eigenvalue weighted by molar-refractivity contribution is 14.0. The van der Waals surface area contributed by atoms with E-state index in [2.05, 4.69) is 32.7 Å². The molecule has 5 nitrogen and oxygen atoms in total. The van der Waals surface area contributed by atoms with E-state index >= 15 is 0 Å². The highest BCUT2D eigenvalue weighted by Crippen LogP contribution is 2.10. The fraction of sp³-hybridized carbons (Fsp3) is 0.389. The quantitative estimate of drug-likeness (QED) is 0.356.